The van der Waals surface area contributed by atoms with Crippen molar-refractivity contribution < 1.29 is 9.53 Å². The predicted molar refractivity (Wildman–Crippen MR) is 57.8 cm³/mol. The molecule has 0 bridgehead atoms. The van der Waals surface area contributed by atoms with E-state index in [0.29, 0.717) is 12.5 Å². The maximum absolute atomic E-state index is 11.4. The fourth-order valence-corrected chi connectivity index (χ4v) is 0.839. The first-order valence-electron chi connectivity index (χ1n) is 5.17. The van der Waals surface area contributed by atoms with Crippen molar-refractivity contribution in [2.24, 2.45) is 17.1 Å². The van der Waals surface area contributed by atoms with Gasteiger partial charge in [0.15, 0.2) is 0 Å². The summed E-state index contributed by atoms with van der Waals surface area (Å²) in [4.78, 5) is 11.4. The van der Waals surface area contributed by atoms with Crippen molar-refractivity contribution in [2.75, 3.05) is 6.61 Å². The molecule has 0 rings (SSSR count). The second-order valence-electron chi connectivity index (χ2n) is 5.19. The van der Waals surface area contributed by atoms with Crippen molar-refractivity contribution >= 4 is 5.97 Å². The molecule has 1 atom stereocenters. The van der Waals surface area contributed by atoms with Crippen molar-refractivity contribution in [2.45, 2.75) is 47.1 Å². The van der Waals surface area contributed by atoms with Crippen molar-refractivity contribution in [1.82, 2.24) is 0 Å². The third-order valence-corrected chi connectivity index (χ3v) is 2.13. The lowest BCUT2D eigenvalue weighted by Crippen LogP contribution is -2.43. The molecule has 84 valence electrons. The Balaban J connectivity index is 3.86. The first-order chi connectivity index (χ1) is 6.25. The highest BCUT2D eigenvalue weighted by Gasteiger charge is 2.28. The zero-order valence-corrected chi connectivity index (χ0v) is 9.96. The summed E-state index contributed by atoms with van der Waals surface area (Å²) >= 11 is 0. The molecule has 0 saturated heterocycles. The van der Waals surface area contributed by atoms with Gasteiger partial charge in [-0.1, -0.05) is 34.6 Å². The average molecular weight is 201 g/mol. The maximum atomic E-state index is 11.4. The molecule has 0 heterocycles. The Kier molecular flexibility index (Phi) is 5.13. The highest BCUT2D eigenvalue weighted by atomic mass is 16.5. The molecule has 0 radical (unpaired) electrons. The van der Waals surface area contributed by atoms with Gasteiger partial charge in [-0.05, 0) is 17.8 Å². The van der Waals surface area contributed by atoms with E-state index in [-0.39, 0.29) is 11.4 Å². The van der Waals surface area contributed by atoms with Crippen LogP contribution >= 0.6 is 0 Å². The lowest BCUT2D eigenvalue weighted by Gasteiger charge is -2.25. The van der Waals surface area contributed by atoms with Crippen LogP contribution < -0.4 is 5.73 Å². The fourth-order valence-electron chi connectivity index (χ4n) is 0.839. The molecule has 0 amide bonds. The third kappa shape index (κ3) is 5.22. The number of hydrogen-bond acceptors (Lipinski definition) is 3. The molecule has 14 heavy (non-hydrogen) atoms. The molecule has 0 unspecified atom stereocenters. The van der Waals surface area contributed by atoms with E-state index < -0.39 is 6.04 Å². The first-order valence-corrected chi connectivity index (χ1v) is 5.17. The van der Waals surface area contributed by atoms with Gasteiger partial charge in [-0.3, -0.25) is 4.79 Å². The van der Waals surface area contributed by atoms with E-state index in [2.05, 4.69) is 13.8 Å². The highest BCUT2D eigenvalue weighted by Crippen LogP contribution is 2.18. The van der Waals surface area contributed by atoms with Crippen LogP contribution in [0.4, 0.5) is 0 Å². The van der Waals surface area contributed by atoms with Gasteiger partial charge in [0, 0.05) is 0 Å². The molecular weight excluding hydrogens is 178 g/mol. The van der Waals surface area contributed by atoms with Gasteiger partial charge in [0.05, 0.1) is 6.61 Å². The lowest BCUT2D eigenvalue weighted by atomic mass is 9.87. The predicted octanol–water partition coefficient (Wildman–Crippen LogP) is 1.95. The molecule has 0 aromatic carbocycles. The van der Waals surface area contributed by atoms with Crippen LogP contribution in [-0.4, -0.2) is 18.6 Å². The van der Waals surface area contributed by atoms with Gasteiger partial charge in [0.2, 0.25) is 0 Å². The Morgan fingerprint density at radius 1 is 1.36 bits per heavy atom. The largest absolute Gasteiger partial charge is 0.465 e. The van der Waals surface area contributed by atoms with Crippen LogP contribution in [0.1, 0.15) is 41.0 Å². The van der Waals surface area contributed by atoms with E-state index in [1.165, 1.54) is 0 Å². The van der Waals surface area contributed by atoms with Crippen molar-refractivity contribution in [1.29, 1.82) is 0 Å². The quantitative estimate of drug-likeness (QED) is 0.707. The Hall–Kier alpha value is -0.570. The second kappa shape index (κ2) is 5.35. The SMILES string of the molecule is CC(C)CCOC(=O)[C@H](N)C(C)(C)C. The number of carbonyl (C=O) groups excluding carboxylic acids is 1. The van der Waals surface area contributed by atoms with Crippen LogP contribution in [0.5, 0.6) is 0 Å². The number of carbonyl (C=O) groups is 1. The Labute approximate surface area is 87.0 Å². The van der Waals surface area contributed by atoms with Gasteiger partial charge in [-0.15, -0.1) is 0 Å². The molecule has 0 saturated carbocycles. The summed E-state index contributed by atoms with van der Waals surface area (Å²) in [6, 6.07) is -0.533. The summed E-state index contributed by atoms with van der Waals surface area (Å²) in [6.07, 6.45) is 0.891. The molecular formula is C11H23NO2. The van der Waals surface area contributed by atoms with Gasteiger partial charge >= 0.3 is 5.97 Å². The van der Waals surface area contributed by atoms with Crippen LogP contribution in [-0.2, 0) is 9.53 Å². The summed E-state index contributed by atoms with van der Waals surface area (Å²) in [7, 11) is 0. The fraction of sp³-hybridized carbons (Fsp3) is 0.909. The monoisotopic (exact) mass is 201 g/mol. The van der Waals surface area contributed by atoms with Gasteiger partial charge in [-0.2, -0.15) is 0 Å². The minimum Gasteiger partial charge on any atom is -0.465 e. The molecule has 0 fully saturated rings. The zero-order chi connectivity index (χ0) is 11.4. The molecule has 0 aliphatic rings. The molecule has 0 aromatic rings. The van der Waals surface area contributed by atoms with Crippen LogP contribution in [0.3, 0.4) is 0 Å². The average Bonchev–Trinajstić information content (AvgIpc) is 2.00. The van der Waals surface area contributed by atoms with Crippen LogP contribution in [0.15, 0.2) is 0 Å². The first kappa shape index (κ1) is 13.4. The molecule has 0 aliphatic carbocycles. The third-order valence-electron chi connectivity index (χ3n) is 2.13. The molecule has 0 spiro atoms. The Morgan fingerprint density at radius 3 is 2.21 bits per heavy atom. The van der Waals surface area contributed by atoms with Crippen molar-refractivity contribution in [3.63, 3.8) is 0 Å². The standard InChI is InChI=1S/C11H23NO2/c1-8(2)6-7-14-10(13)9(12)11(3,4)5/h8-9H,6-7,12H2,1-5H3/t9-/m0/s1. The number of hydrogen-bond donors (Lipinski definition) is 1. The molecule has 2 N–H and O–H groups in total. The zero-order valence-electron chi connectivity index (χ0n) is 9.96. The van der Waals surface area contributed by atoms with Crippen molar-refractivity contribution in [3.05, 3.63) is 0 Å². The van der Waals surface area contributed by atoms with E-state index in [1.807, 2.05) is 20.8 Å². The number of ether oxygens (including phenoxy) is 1. The van der Waals surface area contributed by atoms with Crippen molar-refractivity contribution in [3.8, 4) is 0 Å². The molecule has 0 aromatic heterocycles. The number of nitrogens with two attached hydrogens (primary N) is 1. The van der Waals surface area contributed by atoms with Gasteiger partial charge < -0.3 is 10.5 Å². The summed E-state index contributed by atoms with van der Waals surface area (Å²) in [5.74, 6) is 0.256. The van der Waals surface area contributed by atoms with E-state index in [9.17, 15) is 4.79 Å². The number of esters is 1. The van der Waals surface area contributed by atoms with E-state index >= 15 is 0 Å². The minimum absolute atomic E-state index is 0.227. The van der Waals surface area contributed by atoms with E-state index in [4.69, 9.17) is 10.5 Å². The lowest BCUT2D eigenvalue weighted by molar-refractivity contribution is -0.148. The van der Waals surface area contributed by atoms with E-state index in [0.717, 1.165) is 6.42 Å². The number of rotatable bonds is 4. The van der Waals surface area contributed by atoms with Crippen LogP contribution in [0.2, 0.25) is 0 Å². The van der Waals surface area contributed by atoms with Gasteiger partial charge in [0.1, 0.15) is 6.04 Å². The molecule has 3 heteroatoms. The Morgan fingerprint density at radius 2 is 1.86 bits per heavy atom. The summed E-state index contributed by atoms with van der Waals surface area (Å²) < 4.78 is 5.08. The molecule has 3 nitrogen and oxygen atoms in total. The van der Waals surface area contributed by atoms with Gasteiger partial charge in [-0.25, -0.2) is 0 Å². The smallest absolute Gasteiger partial charge is 0.323 e. The molecule has 0 aliphatic heterocycles. The Bertz CT molecular complexity index is 182. The summed E-state index contributed by atoms with van der Waals surface area (Å²) in [5, 5.41) is 0. The van der Waals surface area contributed by atoms with Crippen LogP contribution in [0.25, 0.3) is 0 Å². The summed E-state index contributed by atoms with van der Waals surface area (Å²) in [5.41, 5.74) is 5.51. The topological polar surface area (TPSA) is 52.3 Å². The maximum Gasteiger partial charge on any atom is 0.323 e. The second-order valence-corrected chi connectivity index (χ2v) is 5.19. The summed E-state index contributed by atoms with van der Waals surface area (Å²) in [6.45, 7) is 10.5. The minimum atomic E-state index is -0.533. The van der Waals surface area contributed by atoms with E-state index in [1.54, 1.807) is 0 Å². The highest BCUT2D eigenvalue weighted by molar-refractivity contribution is 5.76. The van der Waals surface area contributed by atoms with Gasteiger partial charge in [0.25, 0.3) is 0 Å². The van der Waals surface area contributed by atoms with Crippen LogP contribution in [0, 0.1) is 11.3 Å². The normalized spacial score (nSPS) is 14.2.